The lowest BCUT2D eigenvalue weighted by Crippen LogP contribution is -2.37. The maximum absolute atomic E-state index is 13.5. The highest BCUT2D eigenvalue weighted by Gasteiger charge is 2.21. The average molecular weight is 267 g/mol. The molecule has 0 fully saturated rings. The molecule has 1 aliphatic rings. The zero-order valence-electron chi connectivity index (χ0n) is 10.7. The number of rotatable bonds is 3. The summed E-state index contributed by atoms with van der Waals surface area (Å²) in [5.74, 6) is 3.51. The molecule has 0 bridgehead atoms. The van der Waals surface area contributed by atoms with Crippen molar-refractivity contribution in [1.82, 2.24) is 10.3 Å². The molecule has 0 aliphatic carbocycles. The van der Waals surface area contributed by atoms with Gasteiger partial charge in [-0.25, -0.2) is 8.78 Å². The van der Waals surface area contributed by atoms with E-state index in [1.165, 1.54) is 6.07 Å². The molecule has 1 aliphatic heterocycles. The third-order valence-electron chi connectivity index (χ3n) is 2.86. The van der Waals surface area contributed by atoms with Crippen LogP contribution in [0.2, 0.25) is 0 Å². The van der Waals surface area contributed by atoms with E-state index >= 15 is 0 Å². The summed E-state index contributed by atoms with van der Waals surface area (Å²) >= 11 is 0. The summed E-state index contributed by atoms with van der Waals surface area (Å²) in [6.45, 7) is 1.83. The minimum Gasteiger partial charge on any atom is -0.461 e. The molecular formula is C13H15F2N3O. The number of ether oxygens (including phenoxy) is 1. The molecule has 0 unspecified atom stereocenters. The van der Waals surface area contributed by atoms with Gasteiger partial charge in [-0.2, -0.15) is 0 Å². The maximum Gasteiger partial charge on any atom is 0.193 e. The highest BCUT2D eigenvalue weighted by Crippen LogP contribution is 2.25. The van der Waals surface area contributed by atoms with E-state index in [4.69, 9.17) is 10.6 Å². The van der Waals surface area contributed by atoms with Crippen LogP contribution < -0.4 is 16.0 Å². The number of nitrogens with two attached hydrogens (primary N) is 1. The number of nitrogens with one attached hydrogen (secondary N) is 1. The average Bonchev–Trinajstić information content (AvgIpc) is 2.37. The molecule has 0 amide bonds. The number of hydrazine groups is 1. The Labute approximate surface area is 110 Å². The van der Waals surface area contributed by atoms with Gasteiger partial charge in [0.15, 0.2) is 23.6 Å². The van der Waals surface area contributed by atoms with Crippen LogP contribution in [0.4, 0.5) is 8.78 Å². The minimum atomic E-state index is -0.730. The first kappa shape index (κ1) is 13.4. The molecule has 0 saturated carbocycles. The lowest BCUT2D eigenvalue weighted by atomic mass is 10.1. The topological polar surface area (TPSA) is 50.5 Å². The fourth-order valence-corrected chi connectivity index (χ4v) is 1.78. The van der Waals surface area contributed by atoms with E-state index < -0.39 is 17.9 Å². The SMILES string of the molecule is CC1=C[C@H](Oc2c(F)cccc2F)N(C)C=C1NN. The Hall–Kier alpha value is -2.08. The van der Waals surface area contributed by atoms with Gasteiger partial charge in [-0.3, -0.25) is 5.84 Å². The van der Waals surface area contributed by atoms with E-state index in [2.05, 4.69) is 5.43 Å². The number of para-hydroxylation sites is 1. The van der Waals surface area contributed by atoms with Crippen LogP contribution in [-0.2, 0) is 0 Å². The van der Waals surface area contributed by atoms with Gasteiger partial charge in [0, 0.05) is 13.2 Å². The van der Waals surface area contributed by atoms with Crippen LogP contribution in [-0.4, -0.2) is 18.2 Å². The summed E-state index contributed by atoms with van der Waals surface area (Å²) in [6, 6.07) is 3.60. The lowest BCUT2D eigenvalue weighted by molar-refractivity contribution is 0.108. The minimum absolute atomic E-state index is 0.388. The normalized spacial score (nSPS) is 18.8. The third-order valence-corrected chi connectivity index (χ3v) is 2.86. The molecule has 0 radical (unpaired) electrons. The molecule has 6 heteroatoms. The van der Waals surface area contributed by atoms with E-state index in [9.17, 15) is 8.78 Å². The number of benzene rings is 1. The van der Waals surface area contributed by atoms with Gasteiger partial charge in [-0.05, 0) is 30.7 Å². The second kappa shape index (κ2) is 5.27. The fourth-order valence-electron chi connectivity index (χ4n) is 1.78. The molecule has 19 heavy (non-hydrogen) atoms. The molecular weight excluding hydrogens is 252 g/mol. The van der Waals surface area contributed by atoms with Gasteiger partial charge in [-0.1, -0.05) is 6.07 Å². The van der Waals surface area contributed by atoms with Gasteiger partial charge >= 0.3 is 0 Å². The Bertz CT molecular complexity index is 522. The predicted molar refractivity (Wildman–Crippen MR) is 67.7 cm³/mol. The third kappa shape index (κ3) is 2.68. The van der Waals surface area contributed by atoms with Gasteiger partial charge in [0.05, 0.1) is 5.70 Å². The summed E-state index contributed by atoms with van der Waals surface area (Å²) < 4.78 is 32.4. The highest BCUT2D eigenvalue weighted by molar-refractivity contribution is 5.32. The van der Waals surface area contributed by atoms with E-state index in [0.29, 0.717) is 0 Å². The summed E-state index contributed by atoms with van der Waals surface area (Å²) in [4.78, 5) is 1.66. The molecule has 1 atom stereocenters. The molecule has 0 spiro atoms. The number of hydrogen-bond donors (Lipinski definition) is 2. The quantitative estimate of drug-likeness (QED) is 0.648. The van der Waals surface area contributed by atoms with Crippen molar-refractivity contribution in [1.29, 1.82) is 0 Å². The van der Waals surface area contributed by atoms with Crippen LogP contribution in [0.15, 0.2) is 41.7 Å². The largest absolute Gasteiger partial charge is 0.461 e. The van der Waals surface area contributed by atoms with Crippen LogP contribution in [0.25, 0.3) is 0 Å². The van der Waals surface area contributed by atoms with Crippen molar-refractivity contribution in [2.45, 2.75) is 13.2 Å². The van der Waals surface area contributed by atoms with Crippen molar-refractivity contribution >= 4 is 0 Å². The molecule has 0 saturated heterocycles. The van der Waals surface area contributed by atoms with E-state index in [-0.39, 0.29) is 5.75 Å². The van der Waals surface area contributed by atoms with Crippen LogP contribution in [0.1, 0.15) is 6.92 Å². The van der Waals surface area contributed by atoms with Gasteiger partial charge in [0.2, 0.25) is 0 Å². The van der Waals surface area contributed by atoms with Gasteiger partial charge < -0.3 is 15.1 Å². The first-order valence-corrected chi connectivity index (χ1v) is 5.72. The van der Waals surface area contributed by atoms with Crippen molar-refractivity contribution in [3.8, 4) is 5.75 Å². The molecule has 4 nitrogen and oxygen atoms in total. The molecule has 102 valence electrons. The fraction of sp³-hybridized carbons (Fsp3) is 0.231. The summed E-state index contributed by atoms with van der Waals surface area (Å²) in [6.07, 6.45) is 2.84. The number of allylic oxidation sites excluding steroid dienone is 1. The Morgan fingerprint density at radius 2 is 1.95 bits per heavy atom. The van der Waals surface area contributed by atoms with Crippen LogP contribution in [0, 0.1) is 11.6 Å². The van der Waals surface area contributed by atoms with Crippen LogP contribution >= 0.6 is 0 Å². The number of hydrogen-bond acceptors (Lipinski definition) is 4. The molecule has 1 aromatic rings. The second-order valence-electron chi connectivity index (χ2n) is 4.26. The van der Waals surface area contributed by atoms with Gasteiger partial charge in [0.25, 0.3) is 0 Å². The first-order chi connectivity index (χ1) is 9.02. The lowest BCUT2D eigenvalue weighted by Gasteiger charge is -2.30. The van der Waals surface area contributed by atoms with Gasteiger partial charge in [0.1, 0.15) is 0 Å². The Morgan fingerprint density at radius 3 is 2.53 bits per heavy atom. The summed E-state index contributed by atoms with van der Waals surface area (Å²) in [5, 5.41) is 0. The van der Waals surface area contributed by atoms with E-state index in [1.54, 1.807) is 24.2 Å². The van der Waals surface area contributed by atoms with E-state index in [1.807, 2.05) is 6.92 Å². The second-order valence-corrected chi connectivity index (χ2v) is 4.26. The number of halogens is 2. The number of likely N-dealkylation sites (N-methyl/N-ethyl adjacent to an activating group) is 1. The summed E-state index contributed by atoms with van der Waals surface area (Å²) in [7, 11) is 1.73. The van der Waals surface area contributed by atoms with Crippen molar-refractivity contribution in [3.05, 3.63) is 53.4 Å². The van der Waals surface area contributed by atoms with Crippen LogP contribution in [0.3, 0.4) is 0 Å². The van der Waals surface area contributed by atoms with Gasteiger partial charge in [-0.15, -0.1) is 0 Å². The van der Waals surface area contributed by atoms with Crippen molar-refractivity contribution < 1.29 is 13.5 Å². The van der Waals surface area contributed by atoms with Crippen molar-refractivity contribution in [2.75, 3.05) is 7.05 Å². The Balaban J connectivity index is 2.24. The Morgan fingerprint density at radius 1 is 1.32 bits per heavy atom. The zero-order chi connectivity index (χ0) is 14.0. The standard InChI is InChI=1S/C13H15F2N3O/c1-8-6-12(18(2)7-11(8)17-16)19-13-9(14)4-3-5-10(13)15/h3-7,12,17H,16H2,1-2H3/t12-/m0/s1. The number of nitrogens with zero attached hydrogens (tertiary/aromatic N) is 1. The zero-order valence-corrected chi connectivity index (χ0v) is 10.7. The monoisotopic (exact) mass is 267 g/mol. The molecule has 2 rings (SSSR count). The summed E-state index contributed by atoms with van der Waals surface area (Å²) in [5.41, 5.74) is 4.09. The molecule has 0 aromatic heterocycles. The smallest absolute Gasteiger partial charge is 0.193 e. The first-order valence-electron chi connectivity index (χ1n) is 5.72. The van der Waals surface area contributed by atoms with E-state index in [0.717, 1.165) is 23.4 Å². The highest BCUT2D eigenvalue weighted by atomic mass is 19.1. The molecule has 1 aromatic carbocycles. The molecule has 3 N–H and O–H groups in total. The molecule has 1 heterocycles. The van der Waals surface area contributed by atoms with Crippen molar-refractivity contribution in [3.63, 3.8) is 0 Å². The Kier molecular flexibility index (Phi) is 3.71. The van der Waals surface area contributed by atoms with Crippen molar-refractivity contribution in [2.24, 2.45) is 5.84 Å². The maximum atomic E-state index is 13.5. The predicted octanol–water partition coefficient (Wildman–Crippen LogP) is 1.87. The van der Waals surface area contributed by atoms with Crippen LogP contribution in [0.5, 0.6) is 5.75 Å².